The van der Waals surface area contributed by atoms with E-state index in [9.17, 15) is 21.6 Å². The SMILES string of the molecule is Cc1ccc(S(=O)(=O)O)cc1.FC(F)(F)C1CCN1. The van der Waals surface area contributed by atoms with Gasteiger partial charge < -0.3 is 5.32 Å². The van der Waals surface area contributed by atoms with Gasteiger partial charge in [-0.1, -0.05) is 17.7 Å². The summed E-state index contributed by atoms with van der Waals surface area (Å²) in [5.74, 6) is 0. The fraction of sp³-hybridized carbons (Fsp3) is 0.455. The van der Waals surface area contributed by atoms with E-state index in [1.54, 1.807) is 12.1 Å². The Balaban J connectivity index is 0.000000200. The van der Waals surface area contributed by atoms with Crippen molar-refractivity contribution < 1.29 is 26.1 Å². The second-order valence-corrected chi connectivity index (χ2v) is 5.55. The van der Waals surface area contributed by atoms with Gasteiger partial charge in [-0.25, -0.2) is 0 Å². The summed E-state index contributed by atoms with van der Waals surface area (Å²) in [6.07, 6.45) is -3.78. The zero-order chi connectivity index (χ0) is 14.7. The zero-order valence-corrected chi connectivity index (χ0v) is 10.9. The molecular weight excluding hydrogens is 283 g/mol. The summed E-state index contributed by atoms with van der Waals surface area (Å²) in [6.45, 7) is 2.35. The third-order valence-corrected chi connectivity index (χ3v) is 3.41. The fourth-order valence-corrected chi connectivity index (χ4v) is 1.76. The summed E-state index contributed by atoms with van der Waals surface area (Å²) in [5, 5.41) is 2.26. The van der Waals surface area contributed by atoms with Crippen molar-refractivity contribution in [3.05, 3.63) is 29.8 Å². The number of halogens is 3. The van der Waals surface area contributed by atoms with Crippen LogP contribution in [0, 0.1) is 6.92 Å². The normalized spacial score (nSPS) is 19.1. The maximum Gasteiger partial charge on any atom is 0.403 e. The molecule has 2 rings (SSSR count). The molecule has 1 fully saturated rings. The third kappa shape index (κ3) is 5.17. The predicted molar refractivity (Wildman–Crippen MR) is 63.5 cm³/mol. The van der Waals surface area contributed by atoms with Crippen LogP contribution in [0.3, 0.4) is 0 Å². The van der Waals surface area contributed by atoms with Crippen LogP contribution >= 0.6 is 0 Å². The maximum absolute atomic E-state index is 11.4. The Labute approximate surface area is 109 Å². The van der Waals surface area contributed by atoms with E-state index in [4.69, 9.17) is 4.55 Å². The van der Waals surface area contributed by atoms with E-state index in [-0.39, 0.29) is 11.3 Å². The first-order valence-corrected chi connectivity index (χ1v) is 6.89. The van der Waals surface area contributed by atoms with Crippen molar-refractivity contribution in [2.75, 3.05) is 6.54 Å². The van der Waals surface area contributed by atoms with Gasteiger partial charge in [-0.15, -0.1) is 0 Å². The molecule has 0 aliphatic carbocycles. The smallest absolute Gasteiger partial charge is 0.306 e. The summed E-state index contributed by atoms with van der Waals surface area (Å²) in [4.78, 5) is -0.0666. The second kappa shape index (κ2) is 5.89. The number of alkyl halides is 3. The highest BCUT2D eigenvalue weighted by Gasteiger charge is 2.42. The Hall–Kier alpha value is -1.12. The van der Waals surface area contributed by atoms with Crippen LogP contribution in [0.4, 0.5) is 13.2 Å². The number of benzene rings is 1. The van der Waals surface area contributed by atoms with Gasteiger partial charge in [0.25, 0.3) is 10.1 Å². The van der Waals surface area contributed by atoms with E-state index in [1.807, 2.05) is 6.92 Å². The molecule has 1 unspecified atom stereocenters. The van der Waals surface area contributed by atoms with Crippen LogP contribution < -0.4 is 5.32 Å². The van der Waals surface area contributed by atoms with Crippen molar-refractivity contribution in [2.24, 2.45) is 0 Å². The second-order valence-electron chi connectivity index (χ2n) is 4.13. The van der Waals surface area contributed by atoms with E-state index in [0.717, 1.165) is 5.56 Å². The van der Waals surface area contributed by atoms with E-state index in [1.165, 1.54) is 12.1 Å². The van der Waals surface area contributed by atoms with Crippen LogP contribution in [0.5, 0.6) is 0 Å². The first kappa shape index (κ1) is 15.9. The van der Waals surface area contributed by atoms with Crippen molar-refractivity contribution in [2.45, 2.75) is 30.5 Å². The standard InChI is InChI=1S/C7H8O3S.C4H6F3N/c1-6-2-4-7(5-3-6)11(8,9)10;5-4(6,7)3-1-2-8-3/h2-5H,1H3,(H,8,9,10);3,8H,1-2H2. The molecule has 0 bridgehead atoms. The Kier molecular flexibility index (Phi) is 4.94. The van der Waals surface area contributed by atoms with Crippen molar-refractivity contribution >= 4 is 10.1 Å². The van der Waals surface area contributed by atoms with Crippen molar-refractivity contribution in [1.82, 2.24) is 5.32 Å². The van der Waals surface area contributed by atoms with Gasteiger partial charge in [0.2, 0.25) is 0 Å². The molecule has 0 radical (unpaired) electrons. The summed E-state index contributed by atoms with van der Waals surface area (Å²) in [6, 6.07) is 4.77. The molecule has 1 saturated heterocycles. The highest BCUT2D eigenvalue weighted by Crippen LogP contribution is 2.25. The maximum atomic E-state index is 11.4. The van der Waals surface area contributed by atoms with Crippen LogP contribution in [0.25, 0.3) is 0 Å². The molecule has 1 aliphatic rings. The molecule has 1 aromatic rings. The zero-order valence-electron chi connectivity index (χ0n) is 10.1. The highest BCUT2D eigenvalue weighted by atomic mass is 32.2. The minimum atomic E-state index is -4.02. The fourth-order valence-electron chi connectivity index (χ4n) is 1.28. The summed E-state index contributed by atoms with van der Waals surface area (Å²) < 4.78 is 63.9. The summed E-state index contributed by atoms with van der Waals surface area (Å²) >= 11 is 0. The third-order valence-electron chi connectivity index (χ3n) is 2.54. The average Bonchev–Trinajstić information content (AvgIpc) is 2.11. The lowest BCUT2D eigenvalue weighted by Gasteiger charge is -2.29. The Morgan fingerprint density at radius 1 is 1.26 bits per heavy atom. The molecule has 0 spiro atoms. The monoisotopic (exact) mass is 297 g/mol. The topological polar surface area (TPSA) is 66.4 Å². The predicted octanol–water partition coefficient (Wildman–Crippen LogP) is 2.15. The molecule has 2 N–H and O–H groups in total. The first-order chi connectivity index (χ1) is 8.60. The minimum absolute atomic E-state index is 0.0666. The highest BCUT2D eigenvalue weighted by molar-refractivity contribution is 7.85. The van der Waals surface area contributed by atoms with E-state index in [0.29, 0.717) is 6.54 Å². The quantitative estimate of drug-likeness (QED) is 0.780. The summed E-state index contributed by atoms with van der Waals surface area (Å²) in [5.41, 5.74) is 0.956. The van der Waals surface area contributed by atoms with E-state index < -0.39 is 22.3 Å². The van der Waals surface area contributed by atoms with E-state index >= 15 is 0 Å². The molecular formula is C11H14F3NO3S. The number of hydrogen-bond donors (Lipinski definition) is 2. The first-order valence-electron chi connectivity index (χ1n) is 5.45. The van der Waals surface area contributed by atoms with Crippen molar-refractivity contribution in [3.63, 3.8) is 0 Å². The van der Waals surface area contributed by atoms with Gasteiger partial charge in [0, 0.05) is 0 Å². The van der Waals surface area contributed by atoms with Crippen LogP contribution in [-0.2, 0) is 10.1 Å². The molecule has 1 atom stereocenters. The van der Waals surface area contributed by atoms with Gasteiger partial charge >= 0.3 is 6.18 Å². The number of hydrogen-bond acceptors (Lipinski definition) is 3. The van der Waals surface area contributed by atoms with Crippen LogP contribution in [-0.4, -0.2) is 31.7 Å². The van der Waals surface area contributed by atoms with Gasteiger partial charge in [-0.3, -0.25) is 4.55 Å². The minimum Gasteiger partial charge on any atom is -0.306 e. The Bertz CT molecular complexity index is 507. The molecule has 108 valence electrons. The molecule has 0 aromatic heterocycles. The van der Waals surface area contributed by atoms with Gasteiger partial charge in [0.05, 0.1) is 4.90 Å². The number of aryl methyl sites for hydroxylation is 1. The molecule has 0 amide bonds. The van der Waals surface area contributed by atoms with Crippen LogP contribution in [0.1, 0.15) is 12.0 Å². The number of nitrogens with one attached hydrogen (secondary N) is 1. The van der Waals surface area contributed by atoms with E-state index in [2.05, 4.69) is 5.32 Å². The Morgan fingerprint density at radius 2 is 1.74 bits per heavy atom. The molecule has 1 heterocycles. The number of rotatable bonds is 1. The molecule has 0 saturated carbocycles. The average molecular weight is 297 g/mol. The van der Waals surface area contributed by atoms with Gasteiger partial charge in [0.1, 0.15) is 6.04 Å². The van der Waals surface area contributed by atoms with Crippen molar-refractivity contribution in [3.8, 4) is 0 Å². The van der Waals surface area contributed by atoms with Crippen molar-refractivity contribution in [1.29, 1.82) is 0 Å². The van der Waals surface area contributed by atoms with Gasteiger partial charge in [-0.05, 0) is 32.0 Å². The lowest BCUT2D eigenvalue weighted by Crippen LogP contribution is -2.52. The van der Waals surface area contributed by atoms with Gasteiger partial charge in [0.15, 0.2) is 0 Å². The lowest BCUT2D eigenvalue weighted by atomic mass is 10.1. The molecule has 8 heteroatoms. The summed E-state index contributed by atoms with van der Waals surface area (Å²) in [7, 11) is -4.02. The lowest BCUT2D eigenvalue weighted by molar-refractivity contribution is -0.169. The van der Waals surface area contributed by atoms with Crippen LogP contribution in [0.15, 0.2) is 29.2 Å². The Morgan fingerprint density at radius 3 is 1.95 bits per heavy atom. The molecule has 1 aliphatic heterocycles. The molecule has 1 aromatic carbocycles. The van der Waals surface area contributed by atoms with Gasteiger partial charge in [-0.2, -0.15) is 21.6 Å². The largest absolute Gasteiger partial charge is 0.403 e. The molecule has 4 nitrogen and oxygen atoms in total. The van der Waals surface area contributed by atoms with Crippen LogP contribution in [0.2, 0.25) is 0 Å². The molecule has 19 heavy (non-hydrogen) atoms.